The van der Waals surface area contributed by atoms with Gasteiger partial charge in [0.2, 0.25) is 5.75 Å². The van der Waals surface area contributed by atoms with Crippen LogP contribution in [0.3, 0.4) is 0 Å². The molecule has 0 atom stereocenters. The molecule has 8 heteroatoms. The maximum Gasteiger partial charge on any atom is 0.355 e. The van der Waals surface area contributed by atoms with Crippen LogP contribution in [0.4, 0.5) is 0 Å². The molecule has 152 valence electrons. The number of rotatable bonds is 9. The third-order valence-corrected chi connectivity index (χ3v) is 4.24. The molecule has 1 aromatic heterocycles. The predicted octanol–water partition coefficient (Wildman–Crippen LogP) is 2.81. The van der Waals surface area contributed by atoms with Crippen molar-refractivity contribution >= 4 is 11.8 Å². The fourth-order valence-electron chi connectivity index (χ4n) is 3.16. The number of nitrogens with one attached hydrogen (secondary N) is 2. The first-order valence-corrected chi connectivity index (χ1v) is 8.81. The van der Waals surface area contributed by atoms with Gasteiger partial charge >= 0.3 is 5.97 Å². The van der Waals surface area contributed by atoms with Crippen molar-refractivity contribution in [1.29, 1.82) is 0 Å². The summed E-state index contributed by atoms with van der Waals surface area (Å²) in [5.74, 6) is 0.426. The highest BCUT2D eigenvalue weighted by atomic mass is 16.5. The van der Waals surface area contributed by atoms with Crippen LogP contribution in [-0.4, -0.2) is 51.7 Å². The number of hydrogen-bond donors (Lipinski definition) is 2. The number of esters is 1. The Morgan fingerprint density at radius 2 is 1.75 bits per heavy atom. The minimum Gasteiger partial charge on any atom is -0.493 e. The molecule has 0 aliphatic carbocycles. The Balaban J connectivity index is 2.87. The SMILES string of the molecule is CCOC(=O)c1[nH]c(CNC)c(-c2ccc(OC)c(OC)c2OC)c1C(C)=O. The van der Waals surface area contributed by atoms with Gasteiger partial charge in [-0.05, 0) is 33.0 Å². The number of carbonyl (C=O) groups is 2. The third kappa shape index (κ3) is 3.82. The summed E-state index contributed by atoms with van der Waals surface area (Å²) in [5, 5.41) is 3.04. The molecule has 0 spiro atoms. The van der Waals surface area contributed by atoms with Crippen LogP contribution in [0.2, 0.25) is 0 Å². The van der Waals surface area contributed by atoms with Gasteiger partial charge in [-0.15, -0.1) is 0 Å². The number of benzene rings is 1. The fourth-order valence-corrected chi connectivity index (χ4v) is 3.16. The number of ether oxygens (including phenoxy) is 4. The average molecular weight is 390 g/mol. The van der Waals surface area contributed by atoms with Crippen LogP contribution in [0.15, 0.2) is 12.1 Å². The van der Waals surface area contributed by atoms with E-state index in [1.165, 1.54) is 28.3 Å². The molecule has 1 aromatic carbocycles. The quantitative estimate of drug-likeness (QED) is 0.502. The summed E-state index contributed by atoms with van der Waals surface area (Å²) in [7, 11) is 6.31. The molecular formula is C20H26N2O6. The lowest BCUT2D eigenvalue weighted by atomic mass is 9.96. The van der Waals surface area contributed by atoms with Gasteiger partial charge in [0.25, 0.3) is 0 Å². The zero-order valence-corrected chi connectivity index (χ0v) is 17.0. The van der Waals surface area contributed by atoms with Crippen molar-refractivity contribution in [3.63, 3.8) is 0 Å². The molecule has 0 aliphatic heterocycles. The maximum absolute atomic E-state index is 12.5. The van der Waals surface area contributed by atoms with Crippen LogP contribution in [0.1, 0.15) is 40.4 Å². The normalized spacial score (nSPS) is 10.5. The van der Waals surface area contributed by atoms with E-state index in [1.54, 1.807) is 26.1 Å². The number of Topliss-reactive ketones (excluding diaryl/α,β-unsaturated/α-hetero) is 1. The lowest BCUT2D eigenvalue weighted by Gasteiger charge is -2.17. The Labute approximate surface area is 164 Å². The first kappa shape index (κ1) is 21.3. The lowest BCUT2D eigenvalue weighted by Crippen LogP contribution is -2.10. The van der Waals surface area contributed by atoms with E-state index in [-0.39, 0.29) is 23.6 Å². The van der Waals surface area contributed by atoms with E-state index in [9.17, 15) is 9.59 Å². The second-order valence-electron chi connectivity index (χ2n) is 5.92. The van der Waals surface area contributed by atoms with Gasteiger partial charge in [0.05, 0.1) is 33.5 Å². The van der Waals surface area contributed by atoms with E-state index >= 15 is 0 Å². The van der Waals surface area contributed by atoms with E-state index in [1.807, 2.05) is 0 Å². The Bertz CT molecular complexity index is 872. The van der Waals surface area contributed by atoms with Gasteiger partial charge in [0.15, 0.2) is 17.3 Å². The van der Waals surface area contributed by atoms with Crippen LogP contribution < -0.4 is 19.5 Å². The number of aromatic amines is 1. The summed E-state index contributed by atoms with van der Waals surface area (Å²) in [4.78, 5) is 28.0. The molecule has 0 saturated heterocycles. The lowest BCUT2D eigenvalue weighted by molar-refractivity contribution is 0.0517. The van der Waals surface area contributed by atoms with Gasteiger partial charge in [-0.1, -0.05) is 0 Å². The molecule has 0 radical (unpaired) electrons. The van der Waals surface area contributed by atoms with E-state index in [2.05, 4.69) is 10.3 Å². The van der Waals surface area contributed by atoms with Gasteiger partial charge in [-0.2, -0.15) is 0 Å². The number of methoxy groups -OCH3 is 3. The van der Waals surface area contributed by atoms with E-state index in [0.717, 1.165) is 0 Å². The molecular weight excluding hydrogens is 364 g/mol. The van der Waals surface area contributed by atoms with E-state index in [4.69, 9.17) is 18.9 Å². The standard InChI is InChI=1S/C20H26N2O6/c1-7-28-20(24)17-15(11(2)23)16(13(22-17)10-21-3)12-8-9-14(25-4)19(27-6)18(12)26-5/h8-9,21-22H,7,10H2,1-6H3. The zero-order chi connectivity index (χ0) is 20.8. The van der Waals surface area contributed by atoms with Crippen LogP contribution >= 0.6 is 0 Å². The molecule has 0 aliphatic rings. The number of carbonyl (C=O) groups excluding carboxylic acids is 2. The van der Waals surface area contributed by atoms with Crippen molar-refractivity contribution < 1.29 is 28.5 Å². The molecule has 1 heterocycles. The molecule has 0 bridgehead atoms. The van der Waals surface area contributed by atoms with Gasteiger partial charge in [0, 0.05) is 23.4 Å². The Hall–Kier alpha value is -3.00. The Morgan fingerprint density at radius 3 is 2.25 bits per heavy atom. The van der Waals surface area contributed by atoms with Crippen LogP contribution in [0.5, 0.6) is 17.2 Å². The van der Waals surface area contributed by atoms with Crippen molar-refractivity contribution in [2.75, 3.05) is 35.0 Å². The van der Waals surface area contributed by atoms with Gasteiger partial charge in [-0.3, -0.25) is 4.79 Å². The first-order valence-electron chi connectivity index (χ1n) is 8.81. The molecule has 28 heavy (non-hydrogen) atoms. The minimum absolute atomic E-state index is 0.117. The molecule has 2 aromatic rings. The molecule has 0 saturated carbocycles. The summed E-state index contributed by atoms with van der Waals surface area (Å²) in [6, 6.07) is 3.49. The maximum atomic E-state index is 12.5. The smallest absolute Gasteiger partial charge is 0.355 e. The molecule has 2 rings (SSSR count). The molecule has 0 amide bonds. The van der Waals surface area contributed by atoms with Crippen molar-refractivity contribution in [2.45, 2.75) is 20.4 Å². The summed E-state index contributed by atoms with van der Waals surface area (Å²) < 4.78 is 21.5. The third-order valence-electron chi connectivity index (χ3n) is 4.24. The Morgan fingerprint density at radius 1 is 1.07 bits per heavy atom. The van der Waals surface area contributed by atoms with Crippen molar-refractivity contribution in [1.82, 2.24) is 10.3 Å². The van der Waals surface area contributed by atoms with Crippen molar-refractivity contribution in [3.05, 3.63) is 29.1 Å². The number of aromatic nitrogens is 1. The van der Waals surface area contributed by atoms with E-state index in [0.29, 0.717) is 40.6 Å². The number of ketones is 1. The highest BCUT2D eigenvalue weighted by Gasteiger charge is 2.29. The topological polar surface area (TPSA) is 98.9 Å². The number of H-pyrrole nitrogens is 1. The van der Waals surface area contributed by atoms with Gasteiger partial charge in [-0.25, -0.2) is 4.79 Å². The molecule has 2 N–H and O–H groups in total. The van der Waals surface area contributed by atoms with Gasteiger partial charge in [0.1, 0.15) is 5.69 Å². The van der Waals surface area contributed by atoms with Crippen LogP contribution in [0, 0.1) is 0 Å². The second kappa shape index (κ2) is 9.27. The van der Waals surface area contributed by atoms with Crippen molar-refractivity contribution in [3.8, 4) is 28.4 Å². The van der Waals surface area contributed by atoms with Gasteiger partial charge < -0.3 is 29.2 Å². The Kier molecular flexibility index (Phi) is 7.06. The molecule has 0 unspecified atom stereocenters. The minimum atomic E-state index is -0.587. The second-order valence-corrected chi connectivity index (χ2v) is 5.92. The summed E-state index contributed by atoms with van der Waals surface area (Å²) in [6.07, 6.45) is 0. The highest BCUT2D eigenvalue weighted by Crippen LogP contribution is 2.46. The van der Waals surface area contributed by atoms with Crippen molar-refractivity contribution in [2.24, 2.45) is 0 Å². The monoisotopic (exact) mass is 390 g/mol. The van der Waals surface area contributed by atoms with E-state index < -0.39 is 5.97 Å². The molecule has 0 fully saturated rings. The average Bonchev–Trinajstić information content (AvgIpc) is 3.06. The summed E-state index contributed by atoms with van der Waals surface area (Å²) >= 11 is 0. The van der Waals surface area contributed by atoms with Crippen LogP contribution in [-0.2, 0) is 11.3 Å². The predicted molar refractivity (Wildman–Crippen MR) is 105 cm³/mol. The molecule has 8 nitrogen and oxygen atoms in total. The highest BCUT2D eigenvalue weighted by molar-refractivity contribution is 6.10. The zero-order valence-electron chi connectivity index (χ0n) is 17.0. The largest absolute Gasteiger partial charge is 0.493 e. The summed E-state index contributed by atoms with van der Waals surface area (Å²) in [5.41, 5.74) is 2.17. The first-order chi connectivity index (χ1) is 13.4. The van der Waals surface area contributed by atoms with Crippen LogP contribution in [0.25, 0.3) is 11.1 Å². The summed E-state index contributed by atoms with van der Waals surface area (Å²) in [6.45, 7) is 3.71. The number of hydrogen-bond acceptors (Lipinski definition) is 7. The fraction of sp³-hybridized carbons (Fsp3) is 0.400.